The van der Waals surface area contributed by atoms with Crippen LogP contribution in [0, 0.1) is 18.1 Å². The van der Waals surface area contributed by atoms with E-state index in [1.165, 1.54) is 5.56 Å². The summed E-state index contributed by atoms with van der Waals surface area (Å²) in [6.45, 7) is 2.23. The number of hydrogen-bond donors (Lipinski definition) is 0. The zero-order chi connectivity index (χ0) is 19.1. The number of rotatable bonds is 7. The number of aryl methyl sites for hydroxylation is 2. The van der Waals surface area contributed by atoms with E-state index in [9.17, 15) is 8.42 Å². The number of unbranched alkanes of at least 4 members (excludes halogenated alkanes) is 4. The Morgan fingerprint density at radius 3 is 2.48 bits per heavy atom. The van der Waals surface area contributed by atoms with Gasteiger partial charge in [0.15, 0.2) is 11.5 Å². The lowest BCUT2D eigenvalue weighted by Crippen LogP contribution is -1.96. The summed E-state index contributed by atoms with van der Waals surface area (Å²) in [5, 5.41) is 2.43. The Morgan fingerprint density at radius 1 is 0.926 bits per heavy atom. The zero-order valence-electron chi connectivity index (χ0n) is 15.5. The van der Waals surface area contributed by atoms with Crippen LogP contribution in [0.2, 0.25) is 0 Å². The summed E-state index contributed by atoms with van der Waals surface area (Å²) in [5.41, 5.74) is 2.28. The fraction of sp³-hybridized carbons (Fsp3) is 0.364. The largest absolute Gasteiger partial charge is 0.454 e. The average Bonchev–Trinajstić information content (AvgIpc) is 3.12. The van der Waals surface area contributed by atoms with Crippen LogP contribution in [0.3, 0.4) is 0 Å². The molecule has 0 radical (unpaired) electrons. The van der Waals surface area contributed by atoms with Crippen LogP contribution in [0.1, 0.15) is 43.2 Å². The number of ether oxygens (including phenoxy) is 2. The van der Waals surface area contributed by atoms with Gasteiger partial charge in [0.25, 0.3) is 0 Å². The Kier molecular flexibility index (Phi) is 6.41. The third kappa shape index (κ3) is 5.51. The predicted molar refractivity (Wildman–Crippen MR) is 105 cm³/mol. The summed E-state index contributed by atoms with van der Waals surface area (Å²) in [5.74, 6) is 4.46. The monoisotopic (exact) mass is 384 g/mol. The van der Waals surface area contributed by atoms with E-state index in [1.807, 2.05) is 19.1 Å². The SMILES string of the molecule is Cc1ccc(S(=O)(=O)C#CCCCCCCc2ccc3c(c2)OCO3)cc1. The van der Waals surface area contributed by atoms with Crippen molar-refractivity contribution < 1.29 is 17.9 Å². The summed E-state index contributed by atoms with van der Waals surface area (Å²) in [6, 6.07) is 12.9. The van der Waals surface area contributed by atoms with Gasteiger partial charge >= 0.3 is 0 Å². The molecular weight excluding hydrogens is 360 g/mol. The van der Waals surface area contributed by atoms with Gasteiger partial charge in [-0.3, -0.25) is 0 Å². The quantitative estimate of drug-likeness (QED) is 0.396. The molecule has 0 aromatic heterocycles. The van der Waals surface area contributed by atoms with E-state index in [0.29, 0.717) is 13.2 Å². The molecule has 1 heterocycles. The number of benzene rings is 2. The Bertz CT molecular complexity index is 935. The highest BCUT2D eigenvalue weighted by atomic mass is 32.2. The highest BCUT2D eigenvalue weighted by Crippen LogP contribution is 2.32. The topological polar surface area (TPSA) is 52.6 Å². The van der Waals surface area contributed by atoms with Crippen LogP contribution in [0.15, 0.2) is 47.4 Å². The molecule has 0 saturated carbocycles. The second-order valence-corrected chi connectivity index (χ2v) is 8.38. The Morgan fingerprint density at radius 2 is 1.67 bits per heavy atom. The van der Waals surface area contributed by atoms with Crippen LogP contribution in [0.5, 0.6) is 11.5 Å². The van der Waals surface area contributed by atoms with Gasteiger partial charge in [0, 0.05) is 11.7 Å². The van der Waals surface area contributed by atoms with Crippen LogP contribution in [-0.2, 0) is 16.3 Å². The molecule has 2 aromatic carbocycles. The average molecular weight is 384 g/mol. The molecule has 142 valence electrons. The van der Waals surface area contributed by atoms with E-state index in [1.54, 1.807) is 24.3 Å². The first-order chi connectivity index (χ1) is 13.0. The molecule has 0 saturated heterocycles. The summed E-state index contributed by atoms with van der Waals surface area (Å²) in [4.78, 5) is 0.268. The van der Waals surface area contributed by atoms with E-state index in [4.69, 9.17) is 9.47 Å². The predicted octanol–water partition coefficient (Wildman–Crippen LogP) is 4.65. The Labute approximate surface area is 161 Å². The van der Waals surface area contributed by atoms with Crippen molar-refractivity contribution >= 4 is 9.84 Å². The molecule has 0 fully saturated rings. The first-order valence-electron chi connectivity index (χ1n) is 9.24. The lowest BCUT2D eigenvalue weighted by molar-refractivity contribution is 0.174. The molecule has 0 N–H and O–H groups in total. The van der Waals surface area contributed by atoms with Crippen molar-refractivity contribution in [3.8, 4) is 22.7 Å². The van der Waals surface area contributed by atoms with Crippen LogP contribution < -0.4 is 9.47 Å². The lowest BCUT2D eigenvalue weighted by atomic mass is 10.1. The molecule has 0 amide bonds. The number of sulfone groups is 1. The Hall–Kier alpha value is -2.45. The molecule has 0 bridgehead atoms. The molecule has 0 spiro atoms. The first-order valence-corrected chi connectivity index (χ1v) is 10.7. The second-order valence-electron chi connectivity index (χ2n) is 6.70. The minimum absolute atomic E-state index is 0.268. The van der Waals surface area contributed by atoms with E-state index in [0.717, 1.165) is 49.2 Å². The summed E-state index contributed by atoms with van der Waals surface area (Å²) < 4.78 is 34.9. The lowest BCUT2D eigenvalue weighted by Gasteiger charge is -2.03. The summed E-state index contributed by atoms with van der Waals surface area (Å²) in [6.07, 6.45) is 5.76. The fourth-order valence-corrected chi connectivity index (χ4v) is 3.82. The maximum Gasteiger partial charge on any atom is 0.245 e. The van der Waals surface area contributed by atoms with E-state index in [2.05, 4.69) is 17.2 Å². The van der Waals surface area contributed by atoms with E-state index >= 15 is 0 Å². The van der Waals surface area contributed by atoms with Crippen molar-refractivity contribution in [2.24, 2.45) is 0 Å². The smallest absolute Gasteiger partial charge is 0.245 e. The first kappa shape index (κ1) is 19.3. The maximum absolute atomic E-state index is 12.1. The fourth-order valence-electron chi connectivity index (χ4n) is 2.91. The van der Waals surface area contributed by atoms with Gasteiger partial charge in [-0.2, -0.15) is 0 Å². The zero-order valence-corrected chi connectivity index (χ0v) is 16.3. The van der Waals surface area contributed by atoms with Crippen LogP contribution in [0.4, 0.5) is 0 Å². The molecule has 1 aliphatic rings. The van der Waals surface area contributed by atoms with Gasteiger partial charge in [-0.1, -0.05) is 42.5 Å². The molecule has 1 aliphatic heterocycles. The normalized spacial score (nSPS) is 12.5. The molecule has 0 atom stereocenters. The van der Waals surface area contributed by atoms with Crippen molar-refractivity contribution in [1.29, 1.82) is 0 Å². The minimum atomic E-state index is -3.50. The molecule has 2 aromatic rings. The van der Waals surface area contributed by atoms with Gasteiger partial charge in [0.1, 0.15) is 0 Å². The Balaban J connectivity index is 1.35. The van der Waals surface area contributed by atoms with E-state index < -0.39 is 9.84 Å². The summed E-state index contributed by atoms with van der Waals surface area (Å²) in [7, 11) is -3.50. The highest BCUT2D eigenvalue weighted by molar-refractivity contribution is 7.96. The van der Waals surface area contributed by atoms with Crippen LogP contribution in [-0.4, -0.2) is 15.2 Å². The molecule has 5 heteroatoms. The molecule has 0 unspecified atom stereocenters. The van der Waals surface area contributed by atoms with Crippen molar-refractivity contribution in [2.75, 3.05) is 6.79 Å². The number of fused-ring (bicyclic) bond motifs is 1. The number of hydrogen-bond acceptors (Lipinski definition) is 4. The summed E-state index contributed by atoms with van der Waals surface area (Å²) >= 11 is 0. The van der Waals surface area contributed by atoms with Crippen molar-refractivity contribution in [2.45, 2.75) is 50.3 Å². The highest BCUT2D eigenvalue weighted by Gasteiger charge is 2.12. The van der Waals surface area contributed by atoms with Crippen LogP contribution in [0.25, 0.3) is 0 Å². The second kappa shape index (κ2) is 8.96. The minimum Gasteiger partial charge on any atom is -0.454 e. The maximum atomic E-state index is 12.1. The van der Waals surface area contributed by atoms with E-state index in [-0.39, 0.29) is 4.90 Å². The third-order valence-corrected chi connectivity index (χ3v) is 5.80. The molecular formula is C22H24O4S. The van der Waals surface area contributed by atoms with Crippen molar-refractivity contribution in [3.63, 3.8) is 0 Å². The van der Waals surface area contributed by atoms with Gasteiger partial charge in [-0.15, -0.1) is 0 Å². The van der Waals surface area contributed by atoms with Crippen molar-refractivity contribution in [1.82, 2.24) is 0 Å². The van der Waals surface area contributed by atoms with Gasteiger partial charge in [-0.05, 0) is 56.0 Å². The molecule has 3 rings (SSSR count). The molecule has 4 nitrogen and oxygen atoms in total. The van der Waals surface area contributed by atoms with Gasteiger partial charge in [0.2, 0.25) is 16.6 Å². The standard InChI is InChI=1S/C22H24O4S/c1-18-9-12-20(13-10-18)27(23,24)15-7-5-3-2-4-6-8-19-11-14-21-22(16-19)26-17-25-21/h9-14,16H,2-6,8,17H2,1H3. The third-order valence-electron chi connectivity index (χ3n) is 4.49. The molecule has 27 heavy (non-hydrogen) atoms. The van der Waals surface area contributed by atoms with Crippen LogP contribution >= 0.6 is 0 Å². The van der Waals surface area contributed by atoms with Gasteiger partial charge < -0.3 is 9.47 Å². The van der Waals surface area contributed by atoms with Gasteiger partial charge in [0.05, 0.1) is 4.90 Å². The van der Waals surface area contributed by atoms with Gasteiger partial charge in [-0.25, -0.2) is 8.42 Å². The van der Waals surface area contributed by atoms with Crippen molar-refractivity contribution in [3.05, 3.63) is 53.6 Å². The molecule has 0 aliphatic carbocycles.